The lowest BCUT2D eigenvalue weighted by Gasteiger charge is -2.09. The van der Waals surface area contributed by atoms with Gasteiger partial charge in [0.05, 0.1) is 0 Å². The van der Waals surface area contributed by atoms with Crippen molar-refractivity contribution in [3.63, 3.8) is 0 Å². The van der Waals surface area contributed by atoms with E-state index in [1.54, 1.807) is 6.07 Å². The SMILES string of the molecule is Cc1nc(SCc2ccc(F)cc2C(=N)N)nc(C)c1C. The number of benzene rings is 1. The molecule has 3 N–H and O–H groups in total. The van der Waals surface area contributed by atoms with Crippen molar-refractivity contribution >= 4 is 17.6 Å². The predicted molar refractivity (Wildman–Crippen MR) is 83.2 cm³/mol. The number of aryl methyl sites for hydroxylation is 2. The maximum absolute atomic E-state index is 13.2. The largest absolute Gasteiger partial charge is 0.384 e. The van der Waals surface area contributed by atoms with Gasteiger partial charge in [-0.3, -0.25) is 5.41 Å². The molecular formula is C15H17FN4S. The zero-order valence-corrected chi connectivity index (χ0v) is 13.0. The minimum atomic E-state index is -0.396. The Labute approximate surface area is 127 Å². The number of nitrogens with two attached hydrogens (primary N) is 1. The van der Waals surface area contributed by atoms with Gasteiger partial charge in [0.15, 0.2) is 5.16 Å². The molecule has 0 saturated heterocycles. The number of nitrogen functional groups attached to an aromatic ring is 1. The maximum atomic E-state index is 13.2. The molecule has 0 bridgehead atoms. The van der Waals surface area contributed by atoms with Crippen LogP contribution in [0.3, 0.4) is 0 Å². The molecule has 0 aliphatic heterocycles. The number of thioether (sulfide) groups is 1. The van der Waals surface area contributed by atoms with Crippen LogP contribution in [0.15, 0.2) is 23.4 Å². The number of rotatable bonds is 4. The Morgan fingerprint density at radius 3 is 2.43 bits per heavy atom. The fourth-order valence-electron chi connectivity index (χ4n) is 1.87. The summed E-state index contributed by atoms with van der Waals surface area (Å²) in [5.74, 6) is 0.00596. The van der Waals surface area contributed by atoms with E-state index in [9.17, 15) is 4.39 Å². The van der Waals surface area contributed by atoms with Gasteiger partial charge >= 0.3 is 0 Å². The highest BCUT2D eigenvalue weighted by atomic mass is 32.2. The zero-order valence-electron chi connectivity index (χ0n) is 12.2. The van der Waals surface area contributed by atoms with Gasteiger partial charge in [-0.1, -0.05) is 17.8 Å². The molecule has 0 atom stereocenters. The quantitative estimate of drug-likeness (QED) is 0.394. The van der Waals surface area contributed by atoms with Crippen LogP contribution in [0.4, 0.5) is 4.39 Å². The van der Waals surface area contributed by atoms with E-state index < -0.39 is 5.82 Å². The molecule has 1 aromatic carbocycles. The molecule has 0 fully saturated rings. The van der Waals surface area contributed by atoms with Crippen LogP contribution in [-0.2, 0) is 5.75 Å². The third kappa shape index (κ3) is 3.58. The van der Waals surface area contributed by atoms with Crippen molar-refractivity contribution in [1.82, 2.24) is 9.97 Å². The van der Waals surface area contributed by atoms with E-state index in [0.717, 1.165) is 22.5 Å². The second kappa shape index (κ2) is 6.22. The zero-order chi connectivity index (χ0) is 15.6. The first-order valence-electron chi connectivity index (χ1n) is 6.46. The summed E-state index contributed by atoms with van der Waals surface area (Å²) in [5, 5.41) is 8.20. The van der Waals surface area contributed by atoms with Crippen LogP contribution in [0.1, 0.15) is 28.1 Å². The van der Waals surface area contributed by atoms with Gasteiger partial charge in [0.1, 0.15) is 11.7 Å². The lowest BCUT2D eigenvalue weighted by atomic mass is 10.1. The van der Waals surface area contributed by atoms with Crippen LogP contribution in [0.25, 0.3) is 0 Å². The summed E-state index contributed by atoms with van der Waals surface area (Å²) in [5.41, 5.74) is 9.71. The van der Waals surface area contributed by atoms with Gasteiger partial charge in [-0.05, 0) is 44.0 Å². The highest BCUT2D eigenvalue weighted by Gasteiger charge is 2.10. The van der Waals surface area contributed by atoms with Gasteiger partial charge < -0.3 is 5.73 Å². The van der Waals surface area contributed by atoms with Crippen molar-refractivity contribution in [2.45, 2.75) is 31.7 Å². The third-order valence-electron chi connectivity index (χ3n) is 3.33. The second-order valence-electron chi connectivity index (χ2n) is 4.81. The van der Waals surface area contributed by atoms with Crippen LogP contribution in [0.5, 0.6) is 0 Å². The van der Waals surface area contributed by atoms with Crippen LogP contribution < -0.4 is 5.73 Å². The van der Waals surface area contributed by atoms with Crippen molar-refractivity contribution in [1.29, 1.82) is 5.41 Å². The first-order valence-corrected chi connectivity index (χ1v) is 7.44. The van der Waals surface area contributed by atoms with Crippen LogP contribution in [0, 0.1) is 32.0 Å². The topological polar surface area (TPSA) is 75.7 Å². The molecule has 0 aliphatic rings. The molecule has 0 radical (unpaired) electrons. The number of nitrogens with one attached hydrogen (secondary N) is 1. The fourth-order valence-corrected chi connectivity index (χ4v) is 2.81. The van der Waals surface area contributed by atoms with Crippen molar-refractivity contribution in [2.24, 2.45) is 5.73 Å². The second-order valence-corrected chi connectivity index (χ2v) is 5.75. The van der Waals surface area contributed by atoms with E-state index in [2.05, 4.69) is 9.97 Å². The van der Waals surface area contributed by atoms with E-state index in [-0.39, 0.29) is 5.84 Å². The maximum Gasteiger partial charge on any atom is 0.188 e. The molecule has 110 valence electrons. The number of nitrogens with zero attached hydrogens (tertiary/aromatic N) is 2. The average molecular weight is 304 g/mol. The van der Waals surface area contributed by atoms with Gasteiger partial charge in [-0.2, -0.15) is 0 Å². The monoisotopic (exact) mass is 304 g/mol. The van der Waals surface area contributed by atoms with Crippen molar-refractivity contribution < 1.29 is 4.39 Å². The Kier molecular flexibility index (Phi) is 4.57. The molecule has 0 amide bonds. The molecule has 21 heavy (non-hydrogen) atoms. The van der Waals surface area contributed by atoms with Crippen LogP contribution in [-0.4, -0.2) is 15.8 Å². The molecule has 0 saturated carbocycles. The van der Waals surface area contributed by atoms with Crippen molar-refractivity contribution in [2.75, 3.05) is 0 Å². The summed E-state index contributed by atoms with van der Waals surface area (Å²) in [6, 6.07) is 4.30. The van der Waals surface area contributed by atoms with Gasteiger partial charge in [-0.25, -0.2) is 14.4 Å². The van der Waals surface area contributed by atoms with Gasteiger partial charge in [0.2, 0.25) is 0 Å². The minimum absolute atomic E-state index is 0.137. The van der Waals surface area contributed by atoms with Crippen molar-refractivity contribution in [3.8, 4) is 0 Å². The molecule has 6 heteroatoms. The van der Waals surface area contributed by atoms with E-state index in [0.29, 0.717) is 16.5 Å². The molecule has 2 rings (SSSR count). The molecule has 4 nitrogen and oxygen atoms in total. The van der Waals surface area contributed by atoms with E-state index in [4.69, 9.17) is 11.1 Å². The summed E-state index contributed by atoms with van der Waals surface area (Å²) in [6.45, 7) is 5.90. The molecule has 2 aromatic rings. The molecule has 0 aliphatic carbocycles. The van der Waals surface area contributed by atoms with E-state index in [1.807, 2.05) is 20.8 Å². The first kappa shape index (κ1) is 15.4. The van der Waals surface area contributed by atoms with Gasteiger partial charge in [-0.15, -0.1) is 0 Å². The summed E-state index contributed by atoms with van der Waals surface area (Å²) in [7, 11) is 0. The molecule has 0 spiro atoms. The standard InChI is InChI=1S/C15H17FN4S/c1-8-9(2)19-15(20-10(8)3)21-7-11-4-5-12(16)6-13(11)14(17)18/h4-6H,7H2,1-3H3,(H3,17,18). The number of halogens is 1. The predicted octanol–water partition coefficient (Wildman–Crippen LogP) is 3.12. The van der Waals surface area contributed by atoms with Crippen LogP contribution >= 0.6 is 11.8 Å². The number of hydrogen-bond donors (Lipinski definition) is 2. The normalized spacial score (nSPS) is 10.7. The van der Waals surface area contributed by atoms with Crippen molar-refractivity contribution in [3.05, 3.63) is 52.1 Å². The fraction of sp³-hybridized carbons (Fsp3) is 0.267. The number of hydrogen-bond acceptors (Lipinski definition) is 4. The lowest BCUT2D eigenvalue weighted by molar-refractivity contribution is 0.627. The third-order valence-corrected chi connectivity index (χ3v) is 4.23. The van der Waals surface area contributed by atoms with Gasteiger partial charge in [0.25, 0.3) is 0 Å². The Bertz CT molecular complexity index is 677. The van der Waals surface area contributed by atoms with Gasteiger partial charge in [0, 0.05) is 22.7 Å². The van der Waals surface area contributed by atoms with E-state index >= 15 is 0 Å². The average Bonchev–Trinajstić information content (AvgIpc) is 2.43. The first-order chi connectivity index (χ1) is 9.88. The highest BCUT2D eigenvalue weighted by molar-refractivity contribution is 7.98. The summed E-state index contributed by atoms with van der Waals surface area (Å²) < 4.78 is 13.2. The Hall–Kier alpha value is -1.95. The van der Waals surface area contributed by atoms with Crippen LogP contribution in [0.2, 0.25) is 0 Å². The molecule has 0 unspecified atom stereocenters. The number of amidine groups is 1. The molecular weight excluding hydrogens is 287 g/mol. The number of aromatic nitrogens is 2. The summed E-state index contributed by atoms with van der Waals surface area (Å²) in [6.07, 6.45) is 0. The Morgan fingerprint density at radius 2 is 1.86 bits per heavy atom. The Balaban J connectivity index is 2.22. The summed E-state index contributed by atoms with van der Waals surface area (Å²) >= 11 is 1.45. The molecule has 1 heterocycles. The summed E-state index contributed by atoms with van der Waals surface area (Å²) in [4.78, 5) is 8.87. The van der Waals surface area contributed by atoms with E-state index in [1.165, 1.54) is 23.9 Å². The molecule has 1 aromatic heterocycles. The smallest absolute Gasteiger partial charge is 0.188 e. The lowest BCUT2D eigenvalue weighted by Crippen LogP contribution is -2.14. The Morgan fingerprint density at radius 1 is 1.24 bits per heavy atom. The minimum Gasteiger partial charge on any atom is -0.384 e. The highest BCUT2D eigenvalue weighted by Crippen LogP contribution is 2.23.